The average Bonchev–Trinajstić information content (AvgIpc) is 3.43. The molecule has 36 heavy (non-hydrogen) atoms. The summed E-state index contributed by atoms with van der Waals surface area (Å²) in [7, 11) is 0. The van der Waals surface area contributed by atoms with E-state index in [1.807, 2.05) is 36.5 Å². The lowest BCUT2D eigenvalue weighted by Crippen LogP contribution is -2.21. The third-order valence-corrected chi connectivity index (χ3v) is 5.08. The summed E-state index contributed by atoms with van der Waals surface area (Å²) >= 11 is 0. The topological polar surface area (TPSA) is 120 Å². The standard InChI is InChI=1S/C23H18N6.C2HF3O2/c24-13-16-6-8-18(9-7-16)21-20(17-4-2-1-3-5-17)12-19-14-26-23(28-22(19)27-21)29-11-10-25-15-29;3-2(4,5)1(6)7/h1-12,14-15H,13,24H2;(H,6,7). The smallest absolute Gasteiger partial charge is 0.475 e. The number of carboxylic acids is 1. The van der Waals surface area contributed by atoms with Crippen molar-refractivity contribution in [1.29, 1.82) is 0 Å². The van der Waals surface area contributed by atoms with Crippen LogP contribution in [0.2, 0.25) is 0 Å². The lowest BCUT2D eigenvalue weighted by atomic mass is 9.98. The number of alkyl halides is 3. The van der Waals surface area contributed by atoms with Crippen LogP contribution in [0, 0.1) is 0 Å². The summed E-state index contributed by atoms with van der Waals surface area (Å²) in [6.45, 7) is 0.512. The third-order valence-electron chi connectivity index (χ3n) is 5.08. The molecule has 0 aliphatic heterocycles. The van der Waals surface area contributed by atoms with E-state index in [9.17, 15) is 13.2 Å². The fourth-order valence-electron chi connectivity index (χ4n) is 3.31. The number of halogens is 3. The predicted octanol–water partition coefficient (Wildman–Crippen LogP) is 4.64. The minimum atomic E-state index is -5.08. The number of pyridine rings is 1. The highest BCUT2D eigenvalue weighted by molar-refractivity contribution is 5.90. The van der Waals surface area contributed by atoms with Crippen LogP contribution in [0.5, 0.6) is 0 Å². The lowest BCUT2D eigenvalue weighted by Gasteiger charge is -2.12. The van der Waals surface area contributed by atoms with Crippen molar-refractivity contribution < 1.29 is 23.1 Å². The fraction of sp³-hybridized carbons (Fsp3) is 0.0800. The maximum atomic E-state index is 10.6. The molecule has 2 aromatic carbocycles. The number of rotatable bonds is 4. The maximum absolute atomic E-state index is 10.6. The Balaban J connectivity index is 0.000000384. The lowest BCUT2D eigenvalue weighted by molar-refractivity contribution is -0.192. The van der Waals surface area contributed by atoms with E-state index in [1.54, 1.807) is 23.3 Å². The summed E-state index contributed by atoms with van der Waals surface area (Å²) in [5.41, 5.74) is 11.5. The van der Waals surface area contributed by atoms with Crippen LogP contribution in [0.4, 0.5) is 13.2 Å². The van der Waals surface area contributed by atoms with Crippen LogP contribution >= 0.6 is 0 Å². The molecule has 0 atom stereocenters. The van der Waals surface area contributed by atoms with Gasteiger partial charge in [0.25, 0.3) is 0 Å². The van der Waals surface area contributed by atoms with E-state index in [0.717, 1.165) is 33.3 Å². The van der Waals surface area contributed by atoms with Crippen molar-refractivity contribution in [1.82, 2.24) is 24.5 Å². The number of aliphatic carboxylic acids is 1. The molecule has 3 aromatic heterocycles. The van der Waals surface area contributed by atoms with E-state index in [2.05, 4.69) is 45.3 Å². The highest BCUT2D eigenvalue weighted by Gasteiger charge is 2.38. The molecule has 3 heterocycles. The van der Waals surface area contributed by atoms with E-state index in [-0.39, 0.29) is 0 Å². The summed E-state index contributed by atoms with van der Waals surface area (Å²) in [5.74, 6) is -2.22. The normalized spacial score (nSPS) is 11.1. The Kier molecular flexibility index (Phi) is 7.02. The Bertz CT molecular complexity index is 1470. The van der Waals surface area contributed by atoms with Crippen molar-refractivity contribution >= 4 is 17.0 Å². The van der Waals surface area contributed by atoms with Gasteiger partial charge >= 0.3 is 12.1 Å². The van der Waals surface area contributed by atoms with Gasteiger partial charge in [-0.1, -0.05) is 54.6 Å². The molecule has 0 saturated heterocycles. The van der Waals surface area contributed by atoms with Crippen LogP contribution in [0.3, 0.4) is 0 Å². The molecule has 3 N–H and O–H groups in total. The van der Waals surface area contributed by atoms with Crippen LogP contribution in [-0.4, -0.2) is 41.8 Å². The Morgan fingerprint density at radius 2 is 1.69 bits per heavy atom. The maximum Gasteiger partial charge on any atom is 0.490 e. The number of benzene rings is 2. The van der Waals surface area contributed by atoms with E-state index in [0.29, 0.717) is 18.1 Å². The molecule has 0 amide bonds. The number of nitrogens with zero attached hydrogens (tertiary/aromatic N) is 5. The fourth-order valence-corrected chi connectivity index (χ4v) is 3.31. The first-order chi connectivity index (χ1) is 17.3. The number of aromatic nitrogens is 5. The van der Waals surface area contributed by atoms with Crippen molar-refractivity contribution in [2.24, 2.45) is 5.73 Å². The number of carboxylic acid groups (broad SMARTS) is 1. The summed E-state index contributed by atoms with van der Waals surface area (Å²) in [4.78, 5) is 27.0. The predicted molar refractivity (Wildman–Crippen MR) is 127 cm³/mol. The number of carbonyl (C=O) groups is 1. The van der Waals surface area contributed by atoms with Gasteiger partial charge in [-0.15, -0.1) is 0 Å². The molecule has 0 bridgehead atoms. The van der Waals surface area contributed by atoms with E-state index >= 15 is 0 Å². The SMILES string of the molecule is NCc1ccc(-c2nc3nc(-n4ccnc4)ncc3cc2-c2ccccc2)cc1.O=C(O)C(F)(F)F. The molecular formula is C25H19F3N6O2. The molecule has 0 saturated carbocycles. The molecule has 0 aliphatic carbocycles. The summed E-state index contributed by atoms with van der Waals surface area (Å²) in [6, 6.07) is 20.5. The van der Waals surface area contributed by atoms with E-state index in [1.165, 1.54) is 0 Å². The van der Waals surface area contributed by atoms with Gasteiger partial charge < -0.3 is 10.8 Å². The van der Waals surface area contributed by atoms with Gasteiger partial charge in [0.1, 0.15) is 6.33 Å². The monoisotopic (exact) mass is 492 g/mol. The van der Waals surface area contributed by atoms with Crippen LogP contribution in [0.15, 0.2) is 85.6 Å². The van der Waals surface area contributed by atoms with Crippen molar-refractivity contribution in [3.05, 3.63) is 91.1 Å². The zero-order valence-corrected chi connectivity index (χ0v) is 18.6. The molecular weight excluding hydrogens is 473 g/mol. The van der Waals surface area contributed by atoms with Crippen molar-refractivity contribution in [3.63, 3.8) is 0 Å². The molecule has 0 aliphatic rings. The zero-order chi connectivity index (χ0) is 25.7. The van der Waals surface area contributed by atoms with Gasteiger partial charge in [0.15, 0.2) is 5.65 Å². The van der Waals surface area contributed by atoms with Gasteiger partial charge in [0, 0.05) is 41.6 Å². The first kappa shape index (κ1) is 24.5. The van der Waals surface area contributed by atoms with Crippen LogP contribution in [0.1, 0.15) is 5.56 Å². The average molecular weight is 492 g/mol. The Morgan fingerprint density at radius 1 is 1.00 bits per heavy atom. The quantitative estimate of drug-likeness (QED) is 0.375. The molecule has 0 unspecified atom stereocenters. The molecule has 5 rings (SSSR count). The van der Waals surface area contributed by atoms with Gasteiger partial charge in [0.2, 0.25) is 5.95 Å². The van der Waals surface area contributed by atoms with Gasteiger partial charge in [-0.05, 0) is 17.2 Å². The Morgan fingerprint density at radius 3 is 2.28 bits per heavy atom. The van der Waals surface area contributed by atoms with Gasteiger partial charge in [-0.25, -0.2) is 19.7 Å². The zero-order valence-electron chi connectivity index (χ0n) is 18.6. The van der Waals surface area contributed by atoms with Crippen molar-refractivity contribution in [2.45, 2.75) is 12.7 Å². The van der Waals surface area contributed by atoms with Crippen LogP contribution < -0.4 is 5.73 Å². The molecule has 11 heteroatoms. The molecule has 0 radical (unpaired) electrons. The number of fused-ring (bicyclic) bond motifs is 1. The first-order valence-corrected chi connectivity index (χ1v) is 10.6. The summed E-state index contributed by atoms with van der Waals surface area (Å²) in [6.07, 6.45) is 1.90. The van der Waals surface area contributed by atoms with Gasteiger partial charge in [0.05, 0.1) is 5.69 Å². The van der Waals surface area contributed by atoms with Crippen LogP contribution in [0.25, 0.3) is 39.4 Å². The number of hydrogen-bond acceptors (Lipinski definition) is 6. The summed E-state index contributed by atoms with van der Waals surface area (Å²) in [5, 5.41) is 8.01. The largest absolute Gasteiger partial charge is 0.490 e. The molecule has 8 nitrogen and oxygen atoms in total. The minimum absolute atomic E-state index is 0.512. The first-order valence-electron chi connectivity index (χ1n) is 10.6. The molecule has 0 spiro atoms. The van der Waals surface area contributed by atoms with Gasteiger partial charge in [-0.2, -0.15) is 18.2 Å². The number of nitrogens with two attached hydrogens (primary N) is 1. The molecule has 5 aromatic rings. The second-order valence-corrected chi connectivity index (χ2v) is 7.51. The second kappa shape index (κ2) is 10.3. The van der Waals surface area contributed by atoms with Gasteiger partial charge in [-0.3, -0.25) is 4.57 Å². The Labute approximate surface area is 202 Å². The molecule has 0 fully saturated rings. The van der Waals surface area contributed by atoms with Crippen molar-refractivity contribution in [2.75, 3.05) is 0 Å². The highest BCUT2D eigenvalue weighted by Crippen LogP contribution is 2.33. The highest BCUT2D eigenvalue weighted by atomic mass is 19.4. The third kappa shape index (κ3) is 5.53. The molecule has 182 valence electrons. The number of hydrogen-bond donors (Lipinski definition) is 2. The summed E-state index contributed by atoms with van der Waals surface area (Å²) < 4.78 is 33.5. The number of imidazole rings is 1. The van der Waals surface area contributed by atoms with E-state index < -0.39 is 12.1 Å². The van der Waals surface area contributed by atoms with E-state index in [4.69, 9.17) is 20.6 Å². The van der Waals surface area contributed by atoms with Crippen molar-refractivity contribution in [3.8, 4) is 28.3 Å². The Hall–Kier alpha value is -4.64. The minimum Gasteiger partial charge on any atom is -0.475 e. The van der Waals surface area contributed by atoms with Crippen LogP contribution in [-0.2, 0) is 11.3 Å². The second-order valence-electron chi connectivity index (χ2n) is 7.51.